The van der Waals surface area contributed by atoms with E-state index in [4.69, 9.17) is 14.7 Å². The number of carbonyl (C=O) groups is 3. The van der Waals surface area contributed by atoms with E-state index >= 15 is 0 Å². The first-order valence-corrected chi connectivity index (χ1v) is 11.6. The van der Waals surface area contributed by atoms with Crippen LogP contribution in [-0.4, -0.2) is 35.2 Å². The first-order chi connectivity index (χ1) is 17.4. The van der Waals surface area contributed by atoms with E-state index in [1.165, 1.54) is 6.07 Å². The lowest BCUT2D eigenvalue weighted by Gasteiger charge is -2.34. The molecule has 3 aliphatic heterocycles. The number of nitrogens with one attached hydrogen (secondary N) is 1. The minimum absolute atomic E-state index is 0.136. The molecule has 192 valence electrons. The van der Waals surface area contributed by atoms with Gasteiger partial charge in [-0.25, -0.2) is 9.69 Å². The van der Waals surface area contributed by atoms with Gasteiger partial charge in [0.05, 0.1) is 40.3 Å². The minimum atomic E-state index is -4.85. The highest BCUT2D eigenvalue weighted by Gasteiger charge is 2.77. The number of benzene rings is 2. The second kappa shape index (κ2) is 8.31. The van der Waals surface area contributed by atoms with Crippen LogP contribution in [0.15, 0.2) is 48.5 Å². The molecule has 0 saturated carbocycles. The third kappa shape index (κ3) is 3.83. The summed E-state index contributed by atoms with van der Waals surface area (Å²) in [6, 6.07) is 13.4. The number of nitrogens with zero attached hydrogens (tertiary/aromatic N) is 2. The van der Waals surface area contributed by atoms with Gasteiger partial charge in [0.2, 0.25) is 11.8 Å². The Morgan fingerprint density at radius 3 is 2.49 bits per heavy atom. The topological polar surface area (TPSA) is 109 Å². The Morgan fingerprint density at radius 2 is 1.84 bits per heavy atom. The standard InChI is InChI=1S/C26H22F3N3O5/c1-24-11-18(36-23(35)31-13-14-6-4-3-5-7-14)25(2,37-24)20-19(24)21(33)32(22(20)34)16-9-8-15(12-30)17(10-16)26(27,28)29/h3-10,18-20H,11,13H2,1-2H3,(H,31,35)/t18-,19-,20+,24?,25?/m1/s1. The largest absolute Gasteiger partial charge is 0.443 e. The summed E-state index contributed by atoms with van der Waals surface area (Å²) in [6.07, 6.45) is -6.30. The Hall–Kier alpha value is -3.91. The second-order valence-corrected chi connectivity index (χ2v) is 9.84. The molecule has 3 amide bonds. The Bertz CT molecular complexity index is 1340. The number of alkyl carbamates (subject to hydrolysis) is 1. The van der Waals surface area contributed by atoms with Crippen molar-refractivity contribution in [1.29, 1.82) is 5.26 Å². The molecule has 2 aromatic carbocycles. The molecule has 3 aliphatic rings. The Labute approximate surface area is 209 Å². The van der Waals surface area contributed by atoms with Crippen LogP contribution in [0.1, 0.15) is 37.0 Å². The van der Waals surface area contributed by atoms with Crippen molar-refractivity contribution >= 4 is 23.6 Å². The molecule has 2 unspecified atom stereocenters. The highest BCUT2D eigenvalue weighted by molar-refractivity contribution is 6.23. The van der Waals surface area contributed by atoms with Gasteiger partial charge in [0.25, 0.3) is 0 Å². The van der Waals surface area contributed by atoms with Crippen molar-refractivity contribution in [3.63, 3.8) is 0 Å². The predicted molar refractivity (Wildman–Crippen MR) is 122 cm³/mol. The fourth-order valence-corrected chi connectivity index (χ4v) is 5.85. The SMILES string of the molecule is CC12C[C@@H](OC(=O)NCc3ccccc3)C(C)(O1)[C@@H]1C(=O)N(c3ccc(C#N)c(C(F)(F)F)c3)C(=O)[C@@H]12. The molecule has 0 aromatic heterocycles. The molecule has 3 fully saturated rings. The van der Waals surface area contributed by atoms with Gasteiger partial charge in [-0.15, -0.1) is 0 Å². The number of ether oxygens (including phenoxy) is 2. The average Bonchev–Trinajstić information content (AvgIpc) is 3.37. The third-order valence-electron chi connectivity index (χ3n) is 7.48. The number of alkyl halides is 3. The minimum Gasteiger partial charge on any atom is -0.443 e. The summed E-state index contributed by atoms with van der Waals surface area (Å²) in [4.78, 5) is 40.2. The van der Waals surface area contributed by atoms with Gasteiger partial charge in [-0.05, 0) is 37.6 Å². The fraction of sp³-hybridized carbons (Fsp3) is 0.385. The molecule has 2 aromatic rings. The Morgan fingerprint density at radius 1 is 1.16 bits per heavy atom. The van der Waals surface area contributed by atoms with E-state index in [2.05, 4.69) is 5.32 Å². The normalized spacial score (nSPS) is 30.3. The Kier molecular flexibility index (Phi) is 5.56. The summed E-state index contributed by atoms with van der Waals surface area (Å²) in [7, 11) is 0. The maximum atomic E-state index is 13.5. The number of anilines is 1. The summed E-state index contributed by atoms with van der Waals surface area (Å²) in [5, 5.41) is 11.7. The second-order valence-electron chi connectivity index (χ2n) is 9.84. The number of halogens is 3. The lowest BCUT2D eigenvalue weighted by atomic mass is 9.67. The van der Waals surface area contributed by atoms with Gasteiger partial charge in [-0.1, -0.05) is 30.3 Å². The van der Waals surface area contributed by atoms with Crippen LogP contribution < -0.4 is 10.2 Å². The van der Waals surface area contributed by atoms with Crippen molar-refractivity contribution in [3.8, 4) is 6.07 Å². The summed E-state index contributed by atoms with van der Waals surface area (Å²) in [6.45, 7) is 3.43. The predicted octanol–water partition coefficient (Wildman–Crippen LogP) is 3.93. The Balaban J connectivity index is 1.39. The number of rotatable bonds is 4. The number of nitriles is 1. The molecule has 5 atom stereocenters. The molecule has 11 heteroatoms. The molecular formula is C26H22F3N3O5. The van der Waals surface area contributed by atoms with Crippen molar-refractivity contribution in [2.45, 2.75) is 50.3 Å². The first-order valence-electron chi connectivity index (χ1n) is 11.6. The van der Waals surface area contributed by atoms with Crippen LogP contribution >= 0.6 is 0 Å². The number of amides is 3. The van der Waals surface area contributed by atoms with Crippen molar-refractivity contribution in [3.05, 3.63) is 65.2 Å². The summed E-state index contributed by atoms with van der Waals surface area (Å²) in [5.74, 6) is -3.44. The van der Waals surface area contributed by atoms with Gasteiger partial charge >= 0.3 is 12.3 Å². The van der Waals surface area contributed by atoms with E-state index in [1.54, 1.807) is 13.8 Å². The van der Waals surface area contributed by atoms with Crippen LogP contribution in [0.25, 0.3) is 0 Å². The van der Waals surface area contributed by atoms with E-state index in [0.717, 1.165) is 22.6 Å². The summed E-state index contributed by atoms with van der Waals surface area (Å²) < 4.78 is 52.3. The molecule has 5 rings (SSSR count). The highest BCUT2D eigenvalue weighted by atomic mass is 19.4. The van der Waals surface area contributed by atoms with Gasteiger partial charge in [0, 0.05) is 13.0 Å². The molecule has 2 bridgehead atoms. The van der Waals surface area contributed by atoms with Gasteiger partial charge in [-0.2, -0.15) is 18.4 Å². The molecule has 8 nitrogen and oxygen atoms in total. The van der Waals surface area contributed by atoms with Crippen molar-refractivity contribution in [2.75, 3.05) is 4.90 Å². The molecule has 0 aliphatic carbocycles. The highest BCUT2D eigenvalue weighted by Crippen LogP contribution is 2.61. The van der Waals surface area contributed by atoms with Crippen molar-refractivity contribution in [1.82, 2.24) is 5.32 Å². The van der Waals surface area contributed by atoms with Crippen LogP contribution in [0.5, 0.6) is 0 Å². The van der Waals surface area contributed by atoms with E-state index in [1.807, 2.05) is 30.3 Å². The number of imide groups is 1. The van der Waals surface area contributed by atoms with Gasteiger partial charge in [-0.3, -0.25) is 9.59 Å². The van der Waals surface area contributed by atoms with Crippen molar-refractivity contribution < 1.29 is 37.0 Å². The number of hydrogen-bond donors (Lipinski definition) is 1. The van der Waals surface area contributed by atoms with Gasteiger partial charge in [0.15, 0.2) is 0 Å². The van der Waals surface area contributed by atoms with E-state index in [9.17, 15) is 27.6 Å². The van der Waals surface area contributed by atoms with Crippen LogP contribution in [0, 0.1) is 23.2 Å². The van der Waals surface area contributed by atoms with E-state index < -0.39 is 64.4 Å². The van der Waals surface area contributed by atoms with Gasteiger partial charge < -0.3 is 14.8 Å². The molecule has 0 radical (unpaired) electrons. The molecule has 3 saturated heterocycles. The zero-order valence-electron chi connectivity index (χ0n) is 19.8. The first kappa shape index (κ1) is 24.8. The fourth-order valence-electron chi connectivity index (χ4n) is 5.85. The molecule has 3 heterocycles. The molecule has 1 N–H and O–H groups in total. The maximum absolute atomic E-state index is 13.5. The number of carbonyl (C=O) groups excluding carboxylic acids is 3. The molecular weight excluding hydrogens is 491 g/mol. The van der Waals surface area contributed by atoms with Crippen molar-refractivity contribution in [2.24, 2.45) is 11.8 Å². The monoisotopic (exact) mass is 513 g/mol. The van der Waals surface area contributed by atoms with E-state index in [-0.39, 0.29) is 18.7 Å². The van der Waals surface area contributed by atoms with Crippen LogP contribution in [0.4, 0.5) is 23.7 Å². The lowest BCUT2D eigenvalue weighted by Crippen LogP contribution is -2.51. The van der Waals surface area contributed by atoms with Crippen LogP contribution in [0.2, 0.25) is 0 Å². The molecule has 0 spiro atoms. The maximum Gasteiger partial charge on any atom is 0.417 e. The average molecular weight is 513 g/mol. The lowest BCUT2D eigenvalue weighted by molar-refractivity contribution is -0.138. The van der Waals surface area contributed by atoms with E-state index in [0.29, 0.717) is 6.07 Å². The summed E-state index contributed by atoms with van der Waals surface area (Å²) in [5.41, 5.74) is -3.80. The third-order valence-corrected chi connectivity index (χ3v) is 7.48. The number of fused-ring (bicyclic) bond motifs is 5. The molecule has 37 heavy (non-hydrogen) atoms. The van der Waals surface area contributed by atoms with Gasteiger partial charge in [0.1, 0.15) is 11.7 Å². The zero-order valence-corrected chi connectivity index (χ0v) is 19.8. The number of hydrogen-bond acceptors (Lipinski definition) is 6. The summed E-state index contributed by atoms with van der Waals surface area (Å²) >= 11 is 0. The van der Waals surface area contributed by atoms with Crippen LogP contribution in [-0.2, 0) is 31.8 Å². The van der Waals surface area contributed by atoms with Crippen LogP contribution in [0.3, 0.4) is 0 Å². The smallest absolute Gasteiger partial charge is 0.417 e. The quantitative estimate of drug-likeness (QED) is 0.621. The zero-order chi connectivity index (χ0) is 26.8.